The first kappa shape index (κ1) is 29.0. The molecule has 0 radical (unpaired) electrons. The quantitative estimate of drug-likeness (QED) is 0.298. The maximum absolute atomic E-state index is 12.8. The van der Waals surface area contributed by atoms with E-state index in [1.807, 2.05) is 4.90 Å². The Morgan fingerprint density at radius 2 is 0.857 bits per heavy atom. The molecule has 200 valence electrons. The molecule has 0 aromatic rings. The minimum Gasteiger partial charge on any atom is -0.480 e. The number of nitrogens with one attached hydrogen (secondary N) is 1. The van der Waals surface area contributed by atoms with Crippen molar-refractivity contribution in [2.75, 3.05) is 78.5 Å². The monoisotopic (exact) mass is 499 g/mol. The van der Waals surface area contributed by atoms with Gasteiger partial charge in [-0.25, -0.2) is 0 Å². The fourth-order valence-electron chi connectivity index (χ4n) is 4.69. The Kier molecular flexibility index (Phi) is 13.0. The summed E-state index contributed by atoms with van der Waals surface area (Å²) in [6.07, 6.45) is 6.58. The maximum atomic E-state index is 12.8. The lowest BCUT2D eigenvalue weighted by Crippen LogP contribution is -2.50. The van der Waals surface area contributed by atoms with Gasteiger partial charge in [0.25, 0.3) is 0 Å². The van der Waals surface area contributed by atoms with E-state index in [1.165, 1.54) is 12.8 Å². The van der Waals surface area contributed by atoms with Crippen molar-refractivity contribution in [1.82, 2.24) is 24.9 Å². The Hall–Kier alpha value is -2.28. The number of hydrogen-bond donors (Lipinski definition) is 4. The van der Waals surface area contributed by atoms with E-state index in [0.717, 1.165) is 25.7 Å². The third-order valence-corrected chi connectivity index (χ3v) is 6.59. The van der Waals surface area contributed by atoms with Crippen LogP contribution in [-0.4, -0.2) is 143 Å². The van der Waals surface area contributed by atoms with Crippen LogP contribution >= 0.6 is 0 Å². The smallest absolute Gasteiger partial charge is 0.317 e. The normalized spacial score (nSPS) is 21.4. The van der Waals surface area contributed by atoms with Gasteiger partial charge in [0.15, 0.2) is 0 Å². The fourth-order valence-corrected chi connectivity index (χ4v) is 4.69. The van der Waals surface area contributed by atoms with Gasteiger partial charge in [0.2, 0.25) is 5.91 Å². The molecule has 0 aromatic carbocycles. The molecule has 35 heavy (non-hydrogen) atoms. The van der Waals surface area contributed by atoms with Crippen LogP contribution in [0.2, 0.25) is 0 Å². The maximum Gasteiger partial charge on any atom is 0.317 e. The predicted octanol–water partition coefficient (Wildman–Crippen LogP) is -0.699. The fraction of sp³-hybridized carbons (Fsp3) is 0.826. The summed E-state index contributed by atoms with van der Waals surface area (Å²) in [7, 11) is 0. The summed E-state index contributed by atoms with van der Waals surface area (Å²) >= 11 is 0. The van der Waals surface area contributed by atoms with Crippen LogP contribution in [0.1, 0.15) is 38.5 Å². The third kappa shape index (κ3) is 12.8. The Morgan fingerprint density at radius 1 is 0.543 bits per heavy atom. The van der Waals surface area contributed by atoms with Crippen LogP contribution in [0, 0.1) is 0 Å². The summed E-state index contributed by atoms with van der Waals surface area (Å²) in [5.41, 5.74) is 0. The van der Waals surface area contributed by atoms with Crippen LogP contribution in [0.25, 0.3) is 0 Å². The lowest BCUT2D eigenvalue weighted by atomic mass is 10.1. The van der Waals surface area contributed by atoms with E-state index in [-0.39, 0.29) is 38.1 Å². The van der Waals surface area contributed by atoms with Crippen LogP contribution in [0.15, 0.2) is 0 Å². The predicted molar refractivity (Wildman–Crippen MR) is 128 cm³/mol. The van der Waals surface area contributed by atoms with Crippen LogP contribution in [0.4, 0.5) is 0 Å². The Balaban J connectivity index is 2.06. The Labute approximate surface area is 206 Å². The summed E-state index contributed by atoms with van der Waals surface area (Å²) in [6.45, 7) is 2.76. The molecule has 2 rings (SSSR count). The van der Waals surface area contributed by atoms with Crippen molar-refractivity contribution < 1.29 is 34.5 Å². The van der Waals surface area contributed by atoms with Crippen LogP contribution < -0.4 is 5.32 Å². The van der Waals surface area contributed by atoms with E-state index in [2.05, 4.69) is 5.32 Å². The van der Waals surface area contributed by atoms with E-state index in [1.54, 1.807) is 14.7 Å². The second-order valence-electron chi connectivity index (χ2n) is 9.54. The van der Waals surface area contributed by atoms with Gasteiger partial charge in [-0.1, -0.05) is 25.7 Å². The largest absolute Gasteiger partial charge is 0.480 e. The number of nitrogens with zero attached hydrogens (tertiary/aromatic N) is 4. The highest BCUT2D eigenvalue weighted by Gasteiger charge is 2.22. The molecule has 1 aliphatic heterocycles. The molecule has 12 nitrogen and oxygen atoms in total. The zero-order chi connectivity index (χ0) is 25.6. The summed E-state index contributed by atoms with van der Waals surface area (Å²) in [4.78, 5) is 54.0. The standard InChI is InChI=1S/C23H41N5O7/c29-20(24-19-5-3-1-2-4-6-19)15-25-7-9-26(16-21(30)31)11-13-28(18-23(34)35)14-12-27(10-8-25)17-22(32)33/h19H,1-18H2,(H,24,29)(H,30,31)(H,32,33)(H,34,35). The molecule has 1 aliphatic carbocycles. The summed E-state index contributed by atoms with van der Waals surface area (Å²) in [5.74, 6) is -2.98. The second kappa shape index (κ2) is 15.7. The van der Waals surface area contributed by atoms with Crippen molar-refractivity contribution in [3.05, 3.63) is 0 Å². The van der Waals surface area contributed by atoms with Gasteiger partial charge in [-0.3, -0.25) is 38.8 Å². The molecule has 1 saturated heterocycles. The molecular formula is C23H41N5O7. The molecule has 0 spiro atoms. The first-order valence-corrected chi connectivity index (χ1v) is 12.6. The van der Waals surface area contributed by atoms with E-state index < -0.39 is 17.9 Å². The topological polar surface area (TPSA) is 154 Å². The van der Waals surface area contributed by atoms with E-state index >= 15 is 0 Å². The molecule has 1 amide bonds. The summed E-state index contributed by atoms with van der Waals surface area (Å²) in [5, 5.41) is 31.0. The molecule has 0 atom stereocenters. The Morgan fingerprint density at radius 3 is 1.17 bits per heavy atom. The summed E-state index contributed by atoms with van der Waals surface area (Å²) < 4.78 is 0. The SMILES string of the molecule is O=C(O)CN1CCN(CC(=O)O)CCN(CC(=O)NC2CCCCCC2)CCN(CC(=O)O)CC1. The lowest BCUT2D eigenvalue weighted by molar-refractivity contribution is -0.140. The zero-order valence-electron chi connectivity index (χ0n) is 20.6. The van der Waals surface area contributed by atoms with Crippen molar-refractivity contribution in [2.24, 2.45) is 0 Å². The van der Waals surface area contributed by atoms with Crippen molar-refractivity contribution in [2.45, 2.75) is 44.6 Å². The number of carboxylic acids is 3. The number of carbonyl (C=O) groups excluding carboxylic acids is 1. The molecule has 2 aliphatic rings. The highest BCUT2D eigenvalue weighted by Crippen LogP contribution is 2.17. The van der Waals surface area contributed by atoms with Crippen molar-refractivity contribution >= 4 is 23.8 Å². The van der Waals surface area contributed by atoms with Gasteiger partial charge in [-0.15, -0.1) is 0 Å². The molecular weight excluding hydrogens is 458 g/mol. The first-order chi connectivity index (χ1) is 16.7. The highest BCUT2D eigenvalue weighted by molar-refractivity contribution is 5.78. The highest BCUT2D eigenvalue weighted by atomic mass is 16.4. The van der Waals surface area contributed by atoms with Gasteiger partial charge in [0, 0.05) is 58.4 Å². The van der Waals surface area contributed by atoms with Crippen molar-refractivity contribution in [1.29, 1.82) is 0 Å². The first-order valence-electron chi connectivity index (χ1n) is 12.6. The molecule has 0 aromatic heterocycles. The number of carbonyl (C=O) groups is 4. The minimum absolute atomic E-state index is 0.0637. The van der Waals surface area contributed by atoms with Gasteiger partial charge >= 0.3 is 17.9 Å². The van der Waals surface area contributed by atoms with E-state index in [0.29, 0.717) is 52.4 Å². The zero-order valence-corrected chi connectivity index (χ0v) is 20.6. The molecule has 1 heterocycles. The van der Waals surface area contributed by atoms with Crippen LogP contribution in [-0.2, 0) is 19.2 Å². The molecule has 1 saturated carbocycles. The molecule has 4 N–H and O–H groups in total. The number of rotatable bonds is 9. The number of aliphatic carboxylic acids is 3. The number of hydrogen-bond acceptors (Lipinski definition) is 8. The molecule has 12 heteroatoms. The lowest BCUT2D eigenvalue weighted by Gasteiger charge is -2.33. The van der Waals surface area contributed by atoms with E-state index in [9.17, 15) is 34.5 Å². The van der Waals surface area contributed by atoms with Crippen molar-refractivity contribution in [3.8, 4) is 0 Å². The van der Waals surface area contributed by atoms with Crippen molar-refractivity contribution in [3.63, 3.8) is 0 Å². The second-order valence-corrected chi connectivity index (χ2v) is 9.54. The average molecular weight is 500 g/mol. The van der Waals surface area contributed by atoms with Gasteiger partial charge in [0.05, 0.1) is 26.2 Å². The molecule has 2 fully saturated rings. The van der Waals surface area contributed by atoms with Gasteiger partial charge < -0.3 is 20.6 Å². The van der Waals surface area contributed by atoms with Crippen LogP contribution in [0.5, 0.6) is 0 Å². The molecule has 0 bridgehead atoms. The van der Waals surface area contributed by atoms with Gasteiger partial charge in [0.1, 0.15) is 0 Å². The Bertz CT molecular complexity index is 668. The van der Waals surface area contributed by atoms with E-state index in [4.69, 9.17) is 0 Å². The number of carboxylic acid groups (broad SMARTS) is 3. The van der Waals surface area contributed by atoms with Crippen LogP contribution in [0.3, 0.4) is 0 Å². The average Bonchev–Trinajstić information content (AvgIpc) is 3.03. The molecule has 0 unspecified atom stereocenters. The number of amides is 1. The van der Waals surface area contributed by atoms with Gasteiger partial charge in [-0.05, 0) is 12.8 Å². The third-order valence-electron chi connectivity index (χ3n) is 6.59. The van der Waals surface area contributed by atoms with Gasteiger partial charge in [-0.2, -0.15) is 0 Å². The summed E-state index contributed by atoms with van der Waals surface area (Å²) in [6, 6.07) is 0.185. The minimum atomic E-state index is -0.988.